The molecule has 0 bridgehead atoms. The summed E-state index contributed by atoms with van der Waals surface area (Å²) >= 11 is 0. The molecule has 1 amide bonds. The zero-order valence-corrected chi connectivity index (χ0v) is 7.76. The van der Waals surface area contributed by atoms with Crippen LogP contribution in [0.4, 0.5) is 0 Å². The Kier molecular flexibility index (Phi) is 3.52. The number of allylic oxidation sites excluding steroid dienone is 2. The summed E-state index contributed by atoms with van der Waals surface area (Å²) in [6.07, 6.45) is 5.91. The van der Waals surface area contributed by atoms with E-state index >= 15 is 0 Å². The van der Waals surface area contributed by atoms with Gasteiger partial charge in [-0.05, 0) is 25.3 Å². The Labute approximate surface area is 77.6 Å². The van der Waals surface area contributed by atoms with E-state index in [2.05, 4.69) is 10.6 Å². The second-order valence-corrected chi connectivity index (χ2v) is 2.53. The quantitative estimate of drug-likeness (QED) is 0.672. The van der Waals surface area contributed by atoms with Gasteiger partial charge in [0.15, 0.2) is 0 Å². The number of rotatable bonds is 3. The maximum absolute atomic E-state index is 10.8. The molecule has 0 aromatic heterocycles. The zero-order valence-electron chi connectivity index (χ0n) is 7.76. The third-order valence-corrected chi connectivity index (χ3v) is 1.42. The van der Waals surface area contributed by atoms with E-state index in [0.29, 0.717) is 18.5 Å². The van der Waals surface area contributed by atoms with Gasteiger partial charge in [-0.25, -0.2) is 0 Å². The molecule has 0 aromatic carbocycles. The van der Waals surface area contributed by atoms with Crippen LogP contribution in [0.3, 0.4) is 0 Å². The third kappa shape index (κ3) is 2.91. The lowest BCUT2D eigenvalue weighted by atomic mass is 10.3. The monoisotopic (exact) mass is 181 g/mol. The third-order valence-electron chi connectivity index (χ3n) is 1.42. The van der Waals surface area contributed by atoms with Gasteiger partial charge in [-0.1, -0.05) is 0 Å². The highest BCUT2D eigenvalue weighted by atomic mass is 16.5. The lowest BCUT2D eigenvalue weighted by Gasteiger charge is -2.20. The van der Waals surface area contributed by atoms with Crippen molar-refractivity contribution < 1.29 is 9.53 Å². The Hall–Kier alpha value is -1.29. The van der Waals surface area contributed by atoms with Gasteiger partial charge in [-0.3, -0.25) is 4.79 Å². The second-order valence-electron chi connectivity index (χ2n) is 2.53. The normalized spacial score (nSPS) is 16.3. The van der Waals surface area contributed by atoms with Crippen molar-refractivity contribution in [2.45, 2.75) is 13.8 Å². The van der Waals surface area contributed by atoms with Gasteiger partial charge in [0.25, 0.3) is 0 Å². The summed E-state index contributed by atoms with van der Waals surface area (Å²) in [6, 6.07) is 0. The number of carbonyl (C=O) groups is 1. The second kappa shape index (κ2) is 4.67. The van der Waals surface area contributed by atoms with Crippen molar-refractivity contribution in [3.8, 4) is 0 Å². The molecule has 71 valence electrons. The first-order valence-electron chi connectivity index (χ1n) is 4.15. The minimum Gasteiger partial charge on any atom is -0.354 e. The molecular formula is C9H13N2O2. The fourth-order valence-corrected chi connectivity index (χ4v) is 0.973. The van der Waals surface area contributed by atoms with Crippen molar-refractivity contribution in [3.63, 3.8) is 0 Å². The van der Waals surface area contributed by atoms with E-state index in [9.17, 15) is 4.79 Å². The lowest BCUT2D eigenvalue weighted by Crippen LogP contribution is -2.32. The van der Waals surface area contributed by atoms with Crippen molar-refractivity contribution in [1.29, 1.82) is 0 Å². The first kappa shape index (κ1) is 9.80. The predicted molar refractivity (Wildman–Crippen MR) is 49.0 cm³/mol. The van der Waals surface area contributed by atoms with Gasteiger partial charge in [-0.15, -0.1) is 0 Å². The molecule has 0 aliphatic carbocycles. The average molecular weight is 181 g/mol. The Morgan fingerprint density at radius 3 is 3.08 bits per heavy atom. The van der Waals surface area contributed by atoms with Gasteiger partial charge < -0.3 is 15.4 Å². The zero-order chi connectivity index (χ0) is 9.68. The summed E-state index contributed by atoms with van der Waals surface area (Å²) in [4.78, 5) is 10.8. The fourth-order valence-electron chi connectivity index (χ4n) is 0.973. The van der Waals surface area contributed by atoms with Crippen LogP contribution in [-0.4, -0.2) is 12.5 Å². The minimum atomic E-state index is -0.111. The number of hydrogen-bond donors (Lipinski definition) is 2. The number of carbonyl (C=O) groups excluding carboxylic acids is 1. The van der Waals surface area contributed by atoms with E-state index in [4.69, 9.17) is 4.74 Å². The summed E-state index contributed by atoms with van der Waals surface area (Å²) in [6.45, 7) is 3.91. The molecule has 0 unspecified atom stereocenters. The van der Waals surface area contributed by atoms with Gasteiger partial charge in [0.2, 0.25) is 12.1 Å². The van der Waals surface area contributed by atoms with Crippen molar-refractivity contribution in [1.82, 2.24) is 10.6 Å². The van der Waals surface area contributed by atoms with E-state index < -0.39 is 0 Å². The van der Waals surface area contributed by atoms with E-state index in [1.807, 2.05) is 6.92 Å². The molecular weight excluding hydrogens is 168 g/mol. The van der Waals surface area contributed by atoms with Crippen molar-refractivity contribution >= 4 is 5.91 Å². The molecule has 1 aliphatic heterocycles. The fraction of sp³-hybridized carbons (Fsp3) is 0.333. The van der Waals surface area contributed by atoms with Crippen LogP contribution in [0, 0.1) is 6.23 Å². The van der Waals surface area contributed by atoms with Crippen LogP contribution in [0.1, 0.15) is 13.8 Å². The molecule has 2 N–H and O–H groups in total. The average Bonchev–Trinajstić information content (AvgIpc) is 2.08. The van der Waals surface area contributed by atoms with E-state index in [1.165, 1.54) is 6.92 Å². The number of ether oxygens (including phenoxy) is 1. The summed E-state index contributed by atoms with van der Waals surface area (Å²) in [5.41, 5.74) is 0.664. The minimum absolute atomic E-state index is 0.111. The Morgan fingerprint density at radius 1 is 1.69 bits per heavy atom. The van der Waals surface area contributed by atoms with Crippen LogP contribution in [0.15, 0.2) is 24.0 Å². The first-order valence-corrected chi connectivity index (χ1v) is 4.15. The molecule has 0 saturated heterocycles. The molecule has 0 fully saturated rings. The van der Waals surface area contributed by atoms with Crippen molar-refractivity contribution in [3.05, 3.63) is 30.3 Å². The summed E-state index contributed by atoms with van der Waals surface area (Å²) in [5.74, 6) is -0.111. The Bertz CT molecular complexity index is 246. The Balaban J connectivity index is 2.59. The first-order chi connectivity index (χ1) is 6.24. The standard InChI is InChI=1S/C9H13N2O2/c1-3-13-9-8(11-7(2)12)5-4-6-10-9/h4-6,10H,3H2,1-2H3,(H,11,12). The predicted octanol–water partition coefficient (Wildman–Crippen LogP) is 0.649. The lowest BCUT2D eigenvalue weighted by molar-refractivity contribution is -0.118. The van der Waals surface area contributed by atoms with Crippen molar-refractivity contribution in [2.24, 2.45) is 0 Å². The van der Waals surface area contributed by atoms with Crippen LogP contribution < -0.4 is 10.6 Å². The van der Waals surface area contributed by atoms with Crippen LogP contribution >= 0.6 is 0 Å². The maximum Gasteiger partial charge on any atom is 0.234 e. The van der Waals surface area contributed by atoms with E-state index in [1.54, 1.807) is 18.4 Å². The molecule has 4 heteroatoms. The molecule has 13 heavy (non-hydrogen) atoms. The summed E-state index contributed by atoms with van der Waals surface area (Å²) < 4.78 is 5.27. The molecule has 1 radical (unpaired) electrons. The summed E-state index contributed by atoms with van der Waals surface area (Å²) in [7, 11) is 0. The van der Waals surface area contributed by atoms with Crippen LogP contribution in [0.25, 0.3) is 0 Å². The Morgan fingerprint density at radius 2 is 2.46 bits per heavy atom. The molecule has 1 heterocycles. The largest absolute Gasteiger partial charge is 0.354 e. The van der Waals surface area contributed by atoms with Gasteiger partial charge in [0, 0.05) is 13.5 Å². The van der Waals surface area contributed by atoms with Gasteiger partial charge in [0.1, 0.15) is 0 Å². The number of amides is 1. The number of nitrogens with one attached hydrogen (secondary N) is 2. The van der Waals surface area contributed by atoms with Crippen LogP contribution in [0.2, 0.25) is 0 Å². The molecule has 0 saturated carbocycles. The SMILES string of the molecule is CCO[C]1NC=CC=C1NC(C)=O. The highest BCUT2D eigenvalue weighted by Crippen LogP contribution is 2.12. The van der Waals surface area contributed by atoms with Crippen LogP contribution in [0.5, 0.6) is 0 Å². The van der Waals surface area contributed by atoms with Gasteiger partial charge >= 0.3 is 0 Å². The highest BCUT2D eigenvalue weighted by molar-refractivity contribution is 5.75. The maximum atomic E-state index is 10.8. The molecule has 0 spiro atoms. The number of dihydropyridines is 1. The van der Waals surface area contributed by atoms with E-state index in [0.717, 1.165) is 0 Å². The van der Waals surface area contributed by atoms with Crippen LogP contribution in [-0.2, 0) is 9.53 Å². The van der Waals surface area contributed by atoms with Gasteiger partial charge in [-0.2, -0.15) is 0 Å². The topological polar surface area (TPSA) is 50.4 Å². The smallest absolute Gasteiger partial charge is 0.234 e. The van der Waals surface area contributed by atoms with Gasteiger partial charge in [0.05, 0.1) is 5.70 Å². The molecule has 4 nitrogen and oxygen atoms in total. The summed E-state index contributed by atoms with van der Waals surface area (Å²) in [5, 5.41) is 5.57. The highest BCUT2D eigenvalue weighted by Gasteiger charge is 2.17. The molecule has 1 rings (SSSR count). The number of hydrogen-bond acceptors (Lipinski definition) is 3. The molecule has 0 aromatic rings. The molecule has 1 aliphatic rings. The van der Waals surface area contributed by atoms with E-state index in [-0.39, 0.29) is 5.91 Å². The molecule has 0 atom stereocenters. The van der Waals surface area contributed by atoms with Crippen molar-refractivity contribution in [2.75, 3.05) is 6.61 Å².